The highest BCUT2D eigenvalue weighted by Gasteiger charge is 2.33. The maximum Gasteiger partial charge on any atom is 0.252 e. The molecule has 0 aliphatic rings. The summed E-state index contributed by atoms with van der Waals surface area (Å²) in [6.45, 7) is 2.19. The van der Waals surface area contributed by atoms with E-state index in [1.54, 1.807) is 11.8 Å². The fourth-order valence-corrected chi connectivity index (χ4v) is 4.96. The van der Waals surface area contributed by atoms with Crippen molar-refractivity contribution in [2.75, 3.05) is 12.3 Å². The van der Waals surface area contributed by atoms with E-state index in [0.29, 0.717) is 5.56 Å². The fourth-order valence-electron chi connectivity index (χ4n) is 2.58. The van der Waals surface area contributed by atoms with Gasteiger partial charge in [-0.3, -0.25) is 4.79 Å². The first-order valence-electron chi connectivity index (χ1n) is 7.94. The van der Waals surface area contributed by atoms with Crippen LogP contribution in [0.5, 0.6) is 0 Å². The molecule has 3 rings (SSSR count). The molecule has 1 unspecified atom stereocenters. The van der Waals surface area contributed by atoms with E-state index < -0.39 is 5.60 Å². The Labute approximate surface area is 159 Å². The summed E-state index contributed by atoms with van der Waals surface area (Å²) in [6, 6.07) is 13.3. The number of thiophene rings is 2. The van der Waals surface area contributed by atoms with E-state index in [9.17, 15) is 9.90 Å². The first-order valence-corrected chi connectivity index (χ1v) is 10.7. The highest BCUT2D eigenvalue weighted by atomic mass is 32.2. The van der Waals surface area contributed by atoms with Gasteiger partial charge in [0.05, 0.1) is 12.1 Å². The number of rotatable bonds is 7. The zero-order valence-electron chi connectivity index (χ0n) is 13.8. The van der Waals surface area contributed by atoms with Crippen LogP contribution >= 0.6 is 34.4 Å². The number of hydrogen-bond acceptors (Lipinski definition) is 5. The van der Waals surface area contributed by atoms with Crippen molar-refractivity contribution < 1.29 is 9.90 Å². The number of aliphatic hydroxyl groups is 1. The molecule has 130 valence electrons. The average molecular weight is 390 g/mol. The number of benzene rings is 1. The summed E-state index contributed by atoms with van der Waals surface area (Å²) >= 11 is 4.66. The molecule has 0 aliphatic carbocycles. The van der Waals surface area contributed by atoms with Gasteiger partial charge < -0.3 is 10.4 Å². The zero-order chi connectivity index (χ0) is 17.7. The van der Waals surface area contributed by atoms with Gasteiger partial charge in [0.15, 0.2) is 0 Å². The zero-order valence-corrected chi connectivity index (χ0v) is 16.2. The molecule has 0 aliphatic heterocycles. The molecule has 6 heteroatoms. The number of carbonyl (C=O) groups is 1. The van der Waals surface area contributed by atoms with Crippen molar-refractivity contribution in [3.8, 4) is 0 Å². The second kappa shape index (κ2) is 8.19. The van der Waals surface area contributed by atoms with Crippen LogP contribution in [0, 0.1) is 0 Å². The third kappa shape index (κ3) is 3.98. The molecular weight excluding hydrogens is 370 g/mol. The van der Waals surface area contributed by atoms with Gasteiger partial charge >= 0.3 is 0 Å². The van der Waals surface area contributed by atoms with Crippen LogP contribution in [0.25, 0.3) is 0 Å². The van der Waals surface area contributed by atoms with Gasteiger partial charge in [0.25, 0.3) is 5.91 Å². The Bertz CT molecular complexity index is 779. The van der Waals surface area contributed by atoms with Gasteiger partial charge in [-0.15, -0.1) is 23.1 Å². The van der Waals surface area contributed by atoms with Crippen molar-refractivity contribution in [1.29, 1.82) is 0 Å². The van der Waals surface area contributed by atoms with Crippen LogP contribution in [0.15, 0.2) is 63.5 Å². The molecule has 1 atom stereocenters. The number of nitrogens with one attached hydrogen (secondary N) is 1. The van der Waals surface area contributed by atoms with Crippen LogP contribution in [-0.4, -0.2) is 23.3 Å². The van der Waals surface area contributed by atoms with Crippen LogP contribution in [-0.2, 0) is 5.60 Å². The molecule has 25 heavy (non-hydrogen) atoms. The molecule has 0 fully saturated rings. The minimum atomic E-state index is -1.21. The summed E-state index contributed by atoms with van der Waals surface area (Å²) in [5, 5.41) is 20.0. The van der Waals surface area contributed by atoms with E-state index in [0.717, 1.165) is 21.1 Å². The molecule has 0 spiro atoms. The molecule has 2 heterocycles. The van der Waals surface area contributed by atoms with Gasteiger partial charge in [0.2, 0.25) is 0 Å². The van der Waals surface area contributed by atoms with E-state index >= 15 is 0 Å². The minimum absolute atomic E-state index is 0.133. The number of thioether (sulfide) groups is 1. The Balaban J connectivity index is 1.82. The van der Waals surface area contributed by atoms with Gasteiger partial charge in [-0.25, -0.2) is 0 Å². The van der Waals surface area contributed by atoms with Crippen molar-refractivity contribution in [2.45, 2.75) is 17.4 Å². The lowest BCUT2D eigenvalue weighted by Crippen LogP contribution is -2.41. The van der Waals surface area contributed by atoms with E-state index in [4.69, 9.17) is 0 Å². The Morgan fingerprint density at radius 1 is 1.20 bits per heavy atom. The molecule has 0 radical (unpaired) electrons. The third-order valence-electron chi connectivity index (χ3n) is 3.86. The molecule has 1 aromatic carbocycles. The van der Waals surface area contributed by atoms with E-state index in [2.05, 4.69) is 12.2 Å². The quantitative estimate of drug-likeness (QED) is 0.581. The summed E-state index contributed by atoms with van der Waals surface area (Å²) in [7, 11) is 0. The Morgan fingerprint density at radius 3 is 2.72 bits per heavy atom. The van der Waals surface area contributed by atoms with E-state index in [1.807, 2.05) is 58.6 Å². The normalized spacial score (nSPS) is 13.4. The highest BCUT2D eigenvalue weighted by molar-refractivity contribution is 7.99. The molecule has 1 amide bonds. The number of amides is 1. The van der Waals surface area contributed by atoms with Crippen LogP contribution in [0.1, 0.15) is 27.7 Å². The maximum atomic E-state index is 12.7. The predicted octanol–water partition coefficient (Wildman–Crippen LogP) is 4.59. The highest BCUT2D eigenvalue weighted by Crippen LogP contribution is 2.33. The Hall–Kier alpha value is -1.60. The first-order chi connectivity index (χ1) is 12.1. The molecule has 3 aromatic rings. The molecule has 2 N–H and O–H groups in total. The molecular formula is C19H19NO2S3. The SMILES string of the molecule is CCSc1ccccc1C(=O)NCC(O)(c1ccsc1)c1cccs1. The lowest BCUT2D eigenvalue weighted by atomic mass is 9.94. The van der Waals surface area contributed by atoms with E-state index in [-0.39, 0.29) is 12.5 Å². The minimum Gasteiger partial charge on any atom is -0.378 e. The topological polar surface area (TPSA) is 49.3 Å². The summed E-state index contributed by atoms with van der Waals surface area (Å²) < 4.78 is 0. The second-order valence-electron chi connectivity index (χ2n) is 5.46. The maximum absolute atomic E-state index is 12.7. The van der Waals surface area contributed by atoms with Crippen LogP contribution in [0.4, 0.5) is 0 Å². The smallest absolute Gasteiger partial charge is 0.252 e. The molecule has 2 aromatic heterocycles. The molecule has 0 bridgehead atoms. The summed E-state index contributed by atoms with van der Waals surface area (Å²) in [5.74, 6) is 0.736. The van der Waals surface area contributed by atoms with Crippen molar-refractivity contribution in [3.05, 3.63) is 74.6 Å². The standard InChI is InChI=1S/C19H19NO2S3/c1-2-24-16-7-4-3-6-15(16)18(21)20-13-19(22,14-9-11-23-12-14)17-8-5-10-25-17/h3-12,22H,2,13H2,1H3,(H,20,21). The second-order valence-corrected chi connectivity index (χ2v) is 8.50. The summed E-state index contributed by atoms with van der Waals surface area (Å²) in [6.07, 6.45) is 0. The van der Waals surface area contributed by atoms with Crippen molar-refractivity contribution in [2.24, 2.45) is 0 Å². The van der Waals surface area contributed by atoms with Gasteiger partial charge in [0.1, 0.15) is 5.60 Å². The summed E-state index contributed by atoms with van der Waals surface area (Å²) in [5.41, 5.74) is 0.237. The van der Waals surface area contributed by atoms with Gasteiger partial charge in [0, 0.05) is 15.3 Å². The third-order valence-corrected chi connectivity index (χ3v) is 6.52. The van der Waals surface area contributed by atoms with Crippen molar-refractivity contribution >= 4 is 40.3 Å². The molecule has 0 saturated carbocycles. The summed E-state index contributed by atoms with van der Waals surface area (Å²) in [4.78, 5) is 14.5. The van der Waals surface area contributed by atoms with Crippen molar-refractivity contribution in [1.82, 2.24) is 5.32 Å². The largest absolute Gasteiger partial charge is 0.378 e. The van der Waals surface area contributed by atoms with Crippen LogP contribution < -0.4 is 5.32 Å². The first kappa shape index (κ1) is 18.2. The predicted molar refractivity (Wildman–Crippen MR) is 107 cm³/mol. The van der Waals surface area contributed by atoms with Crippen LogP contribution in [0.2, 0.25) is 0 Å². The molecule has 0 saturated heterocycles. The lowest BCUT2D eigenvalue weighted by molar-refractivity contribution is 0.0719. The van der Waals surface area contributed by atoms with Crippen molar-refractivity contribution in [3.63, 3.8) is 0 Å². The van der Waals surface area contributed by atoms with Gasteiger partial charge in [-0.1, -0.05) is 25.1 Å². The monoisotopic (exact) mass is 389 g/mol. The Morgan fingerprint density at radius 2 is 2.04 bits per heavy atom. The van der Waals surface area contributed by atoms with Gasteiger partial charge in [-0.2, -0.15) is 11.3 Å². The van der Waals surface area contributed by atoms with Gasteiger partial charge in [-0.05, 0) is 46.2 Å². The Kier molecular flexibility index (Phi) is 5.96. The molecule has 3 nitrogen and oxygen atoms in total. The van der Waals surface area contributed by atoms with Crippen LogP contribution in [0.3, 0.4) is 0 Å². The lowest BCUT2D eigenvalue weighted by Gasteiger charge is -2.27. The van der Waals surface area contributed by atoms with E-state index in [1.165, 1.54) is 22.7 Å². The fraction of sp³-hybridized carbons (Fsp3) is 0.211. The average Bonchev–Trinajstić information content (AvgIpc) is 3.34. The number of hydrogen-bond donors (Lipinski definition) is 2. The number of carbonyl (C=O) groups excluding carboxylic acids is 1.